The molecule has 1 aliphatic rings. The molecule has 130 valence electrons. The van der Waals surface area contributed by atoms with E-state index in [0.29, 0.717) is 28.7 Å². The molecule has 0 bridgehead atoms. The van der Waals surface area contributed by atoms with Crippen molar-refractivity contribution >= 4 is 17.4 Å². The number of carbonyl (C=O) groups is 1. The van der Waals surface area contributed by atoms with E-state index in [-0.39, 0.29) is 11.7 Å². The van der Waals surface area contributed by atoms with Crippen molar-refractivity contribution in [3.8, 4) is 11.3 Å². The Hall–Kier alpha value is -3.28. The lowest BCUT2D eigenvalue weighted by Gasteiger charge is -2.08. The lowest BCUT2D eigenvalue weighted by Crippen LogP contribution is -2.25. The van der Waals surface area contributed by atoms with Crippen LogP contribution >= 0.6 is 0 Å². The summed E-state index contributed by atoms with van der Waals surface area (Å²) in [5.74, 6) is 0.110. The first-order valence-electron chi connectivity index (χ1n) is 8.45. The molecule has 2 N–H and O–H groups in total. The van der Waals surface area contributed by atoms with Crippen molar-refractivity contribution < 1.29 is 9.18 Å². The third-order valence-electron chi connectivity index (χ3n) is 4.12. The molecule has 1 aliphatic carbocycles. The van der Waals surface area contributed by atoms with Crippen LogP contribution < -0.4 is 10.6 Å². The van der Waals surface area contributed by atoms with E-state index in [4.69, 9.17) is 0 Å². The molecule has 3 aromatic rings. The normalized spacial score (nSPS) is 13.3. The van der Waals surface area contributed by atoms with Crippen molar-refractivity contribution in [2.75, 3.05) is 5.32 Å². The lowest BCUT2D eigenvalue weighted by molar-refractivity contribution is 0.0951. The van der Waals surface area contributed by atoms with Crippen LogP contribution in [0.5, 0.6) is 0 Å². The van der Waals surface area contributed by atoms with Gasteiger partial charge in [-0.05, 0) is 55.3 Å². The number of anilines is 2. The van der Waals surface area contributed by atoms with Crippen LogP contribution in [0.4, 0.5) is 15.9 Å². The van der Waals surface area contributed by atoms with Gasteiger partial charge in [-0.2, -0.15) is 0 Å². The standard InChI is InChI=1S/C20H17FN4O/c21-17-7-2-1-6-16(17)18-10-11-19(25-24-18)22-15-5-3-4-13(12-15)20(26)23-14-8-9-14/h1-7,10-12,14H,8-9H2,(H,22,25)(H,23,26). The van der Waals surface area contributed by atoms with Crippen LogP contribution in [0, 0.1) is 5.82 Å². The number of nitrogens with one attached hydrogen (secondary N) is 2. The summed E-state index contributed by atoms with van der Waals surface area (Å²) in [5.41, 5.74) is 2.20. The Morgan fingerprint density at radius 1 is 1.00 bits per heavy atom. The van der Waals surface area contributed by atoms with Crippen LogP contribution in [0.25, 0.3) is 11.3 Å². The zero-order valence-corrected chi connectivity index (χ0v) is 13.9. The maximum Gasteiger partial charge on any atom is 0.251 e. The molecular formula is C20H17FN4O. The highest BCUT2D eigenvalue weighted by molar-refractivity contribution is 5.95. The van der Waals surface area contributed by atoms with Crippen LogP contribution in [-0.4, -0.2) is 22.1 Å². The number of aromatic nitrogens is 2. The van der Waals surface area contributed by atoms with Gasteiger partial charge in [0.25, 0.3) is 5.91 Å². The molecule has 26 heavy (non-hydrogen) atoms. The summed E-state index contributed by atoms with van der Waals surface area (Å²) in [7, 11) is 0. The first-order chi connectivity index (χ1) is 12.7. The molecule has 1 aromatic heterocycles. The van der Waals surface area contributed by atoms with E-state index in [2.05, 4.69) is 20.8 Å². The number of nitrogens with zero attached hydrogens (tertiary/aromatic N) is 2. The van der Waals surface area contributed by atoms with Crippen LogP contribution in [0.15, 0.2) is 60.7 Å². The van der Waals surface area contributed by atoms with Gasteiger partial charge in [-0.1, -0.05) is 18.2 Å². The summed E-state index contributed by atoms with van der Waals surface area (Å²) in [6.07, 6.45) is 2.10. The van der Waals surface area contributed by atoms with Gasteiger partial charge in [-0.15, -0.1) is 10.2 Å². The Balaban J connectivity index is 1.49. The molecule has 6 heteroatoms. The maximum absolute atomic E-state index is 13.8. The van der Waals surface area contributed by atoms with Crippen molar-refractivity contribution in [2.45, 2.75) is 18.9 Å². The fourth-order valence-corrected chi connectivity index (χ4v) is 2.59. The highest BCUT2D eigenvalue weighted by atomic mass is 19.1. The maximum atomic E-state index is 13.8. The number of hydrogen-bond donors (Lipinski definition) is 2. The second-order valence-electron chi connectivity index (χ2n) is 6.24. The quantitative estimate of drug-likeness (QED) is 0.733. The van der Waals surface area contributed by atoms with E-state index in [1.165, 1.54) is 6.07 Å². The van der Waals surface area contributed by atoms with Gasteiger partial charge in [0.1, 0.15) is 5.82 Å². The fourth-order valence-electron chi connectivity index (χ4n) is 2.59. The molecule has 0 atom stereocenters. The zero-order valence-electron chi connectivity index (χ0n) is 13.9. The average molecular weight is 348 g/mol. The van der Waals surface area contributed by atoms with Gasteiger partial charge in [0, 0.05) is 22.9 Å². The third-order valence-corrected chi connectivity index (χ3v) is 4.12. The first kappa shape index (κ1) is 16.2. The van der Waals surface area contributed by atoms with E-state index in [1.807, 2.05) is 12.1 Å². The molecule has 1 amide bonds. The molecule has 1 heterocycles. The highest BCUT2D eigenvalue weighted by Gasteiger charge is 2.23. The molecule has 0 saturated heterocycles. The SMILES string of the molecule is O=C(NC1CC1)c1cccc(Nc2ccc(-c3ccccc3F)nn2)c1. The number of amides is 1. The van der Waals surface area contributed by atoms with Gasteiger partial charge < -0.3 is 10.6 Å². The number of benzene rings is 2. The van der Waals surface area contributed by atoms with Crippen LogP contribution in [-0.2, 0) is 0 Å². The molecular weight excluding hydrogens is 331 g/mol. The Bertz CT molecular complexity index is 939. The average Bonchev–Trinajstić information content (AvgIpc) is 3.47. The summed E-state index contributed by atoms with van der Waals surface area (Å²) in [4.78, 5) is 12.1. The minimum atomic E-state index is -0.336. The Kier molecular flexibility index (Phi) is 4.31. The third kappa shape index (κ3) is 3.69. The zero-order chi connectivity index (χ0) is 17.9. The van der Waals surface area contributed by atoms with E-state index in [9.17, 15) is 9.18 Å². The molecule has 0 spiro atoms. The van der Waals surface area contributed by atoms with Gasteiger partial charge in [0.15, 0.2) is 5.82 Å². The van der Waals surface area contributed by atoms with Gasteiger partial charge in [0.2, 0.25) is 0 Å². The second-order valence-corrected chi connectivity index (χ2v) is 6.24. The van der Waals surface area contributed by atoms with Crippen molar-refractivity contribution in [3.63, 3.8) is 0 Å². The summed E-state index contributed by atoms with van der Waals surface area (Å²) < 4.78 is 13.8. The van der Waals surface area contributed by atoms with Crippen molar-refractivity contribution in [1.29, 1.82) is 0 Å². The molecule has 1 saturated carbocycles. The van der Waals surface area contributed by atoms with Crippen LogP contribution in [0.3, 0.4) is 0 Å². The largest absolute Gasteiger partial charge is 0.349 e. The summed E-state index contributed by atoms with van der Waals surface area (Å²) in [6, 6.07) is 17.4. The molecule has 1 fully saturated rings. The van der Waals surface area contributed by atoms with Crippen molar-refractivity contribution in [1.82, 2.24) is 15.5 Å². The molecule has 0 radical (unpaired) electrons. The van der Waals surface area contributed by atoms with Crippen LogP contribution in [0.2, 0.25) is 0 Å². The Morgan fingerprint density at radius 3 is 2.58 bits per heavy atom. The van der Waals surface area contributed by atoms with Crippen LogP contribution in [0.1, 0.15) is 23.2 Å². The number of rotatable bonds is 5. The molecule has 2 aromatic carbocycles. The minimum absolute atomic E-state index is 0.0721. The predicted octanol–water partition coefficient (Wildman–Crippen LogP) is 3.92. The first-order valence-corrected chi connectivity index (χ1v) is 8.45. The van der Waals surface area contributed by atoms with Gasteiger partial charge in [-0.25, -0.2) is 4.39 Å². The molecule has 5 nitrogen and oxygen atoms in total. The van der Waals surface area contributed by atoms with E-state index < -0.39 is 0 Å². The van der Waals surface area contributed by atoms with E-state index in [0.717, 1.165) is 18.5 Å². The van der Waals surface area contributed by atoms with Crippen molar-refractivity contribution in [3.05, 3.63) is 72.0 Å². The molecule has 0 unspecified atom stereocenters. The van der Waals surface area contributed by atoms with Crippen molar-refractivity contribution in [2.24, 2.45) is 0 Å². The number of hydrogen-bond acceptors (Lipinski definition) is 4. The summed E-state index contributed by atoms with van der Waals surface area (Å²) in [5, 5.41) is 14.3. The monoisotopic (exact) mass is 348 g/mol. The summed E-state index contributed by atoms with van der Waals surface area (Å²) >= 11 is 0. The van der Waals surface area contributed by atoms with Gasteiger partial charge >= 0.3 is 0 Å². The topological polar surface area (TPSA) is 66.9 Å². The fraction of sp³-hybridized carbons (Fsp3) is 0.150. The molecule has 4 rings (SSSR count). The Labute approximate surface area is 150 Å². The smallest absolute Gasteiger partial charge is 0.251 e. The van der Waals surface area contributed by atoms with Gasteiger partial charge in [0.05, 0.1) is 5.69 Å². The number of halogens is 1. The van der Waals surface area contributed by atoms with E-state index in [1.54, 1.807) is 42.5 Å². The Morgan fingerprint density at radius 2 is 1.85 bits per heavy atom. The lowest BCUT2D eigenvalue weighted by atomic mass is 10.1. The summed E-state index contributed by atoms with van der Waals surface area (Å²) in [6.45, 7) is 0. The van der Waals surface area contributed by atoms with E-state index >= 15 is 0 Å². The number of carbonyl (C=O) groups excluding carboxylic acids is 1. The minimum Gasteiger partial charge on any atom is -0.349 e. The predicted molar refractivity (Wildman–Crippen MR) is 97.6 cm³/mol. The molecule has 0 aliphatic heterocycles. The highest BCUT2D eigenvalue weighted by Crippen LogP contribution is 2.23. The second kappa shape index (κ2) is 6.92. The van der Waals surface area contributed by atoms with Gasteiger partial charge in [-0.3, -0.25) is 4.79 Å².